The molecule has 0 unspecified atom stereocenters. The van der Waals surface area contributed by atoms with Gasteiger partial charge in [0.1, 0.15) is 11.3 Å². The minimum atomic E-state index is 0.178. The first kappa shape index (κ1) is 7.34. The van der Waals surface area contributed by atoms with E-state index < -0.39 is 0 Å². The highest BCUT2D eigenvalue weighted by atomic mass is 35.5. The molecule has 0 bridgehead atoms. The van der Waals surface area contributed by atoms with Gasteiger partial charge in [0.25, 0.3) is 5.19 Å². The van der Waals surface area contributed by atoms with Crippen molar-refractivity contribution in [1.29, 1.82) is 0 Å². The van der Waals surface area contributed by atoms with Crippen molar-refractivity contribution in [2.24, 2.45) is 0 Å². The molecule has 0 amide bonds. The standard InChI is InChI=1S/C6H6ClNO2S/c7-5-3-11-6(8-5)10-4-1-9-2-4/h3-4H,1-2H2. The van der Waals surface area contributed by atoms with E-state index in [0.717, 1.165) is 0 Å². The predicted octanol–water partition coefficient (Wildman–Crippen LogP) is 1.57. The quantitative estimate of drug-likeness (QED) is 0.711. The Morgan fingerprint density at radius 2 is 2.55 bits per heavy atom. The Balaban J connectivity index is 1.95. The highest BCUT2D eigenvalue weighted by molar-refractivity contribution is 7.11. The van der Waals surface area contributed by atoms with Crippen LogP contribution in [0, 0.1) is 0 Å². The summed E-state index contributed by atoms with van der Waals surface area (Å²) in [6.07, 6.45) is 0.178. The monoisotopic (exact) mass is 191 g/mol. The summed E-state index contributed by atoms with van der Waals surface area (Å²) in [7, 11) is 0. The molecule has 0 saturated carbocycles. The van der Waals surface area contributed by atoms with Gasteiger partial charge < -0.3 is 9.47 Å². The van der Waals surface area contributed by atoms with Gasteiger partial charge in [0.2, 0.25) is 0 Å². The first-order valence-electron chi connectivity index (χ1n) is 3.20. The summed E-state index contributed by atoms with van der Waals surface area (Å²) in [5.74, 6) is 0. The molecule has 3 nitrogen and oxygen atoms in total. The lowest BCUT2D eigenvalue weighted by atomic mass is 10.3. The third-order valence-electron chi connectivity index (χ3n) is 1.33. The van der Waals surface area contributed by atoms with Crippen LogP contribution in [-0.2, 0) is 4.74 Å². The number of nitrogens with zero attached hydrogens (tertiary/aromatic N) is 1. The molecule has 1 fully saturated rings. The van der Waals surface area contributed by atoms with Gasteiger partial charge in [0, 0.05) is 5.38 Å². The van der Waals surface area contributed by atoms with Crippen molar-refractivity contribution in [3.63, 3.8) is 0 Å². The van der Waals surface area contributed by atoms with Crippen LogP contribution in [0.4, 0.5) is 0 Å². The summed E-state index contributed by atoms with van der Waals surface area (Å²) in [6, 6.07) is 0. The minimum absolute atomic E-state index is 0.178. The van der Waals surface area contributed by atoms with E-state index >= 15 is 0 Å². The summed E-state index contributed by atoms with van der Waals surface area (Å²) in [5, 5.41) is 2.87. The third kappa shape index (κ3) is 1.64. The van der Waals surface area contributed by atoms with Crippen LogP contribution in [-0.4, -0.2) is 24.3 Å². The second kappa shape index (κ2) is 2.97. The molecular weight excluding hydrogens is 186 g/mol. The maximum Gasteiger partial charge on any atom is 0.275 e. The fourth-order valence-electron chi connectivity index (χ4n) is 0.718. The Morgan fingerprint density at radius 3 is 3.00 bits per heavy atom. The molecule has 1 saturated heterocycles. The van der Waals surface area contributed by atoms with E-state index in [1.807, 2.05) is 0 Å². The molecule has 0 radical (unpaired) electrons. The Hall–Kier alpha value is -0.320. The third-order valence-corrected chi connectivity index (χ3v) is 2.38. The summed E-state index contributed by atoms with van der Waals surface area (Å²) in [6.45, 7) is 1.33. The van der Waals surface area contributed by atoms with Crippen LogP contribution in [0.15, 0.2) is 5.38 Å². The average Bonchev–Trinajstić information content (AvgIpc) is 2.27. The molecule has 1 aromatic heterocycles. The first-order chi connectivity index (χ1) is 5.34. The Labute approximate surface area is 72.9 Å². The molecule has 2 heterocycles. The van der Waals surface area contributed by atoms with E-state index in [-0.39, 0.29) is 6.10 Å². The lowest BCUT2D eigenvalue weighted by Crippen LogP contribution is -2.38. The molecule has 0 N–H and O–H groups in total. The topological polar surface area (TPSA) is 31.4 Å². The largest absolute Gasteiger partial charge is 0.462 e. The van der Waals surface area contributed by atoms with Crippen molar-refractivity contribution < 1.29 is 9.47 Å². The molecule has 1 aliphatic heterocycles. The van der Waals surface area contributed by atoms with E-state index in [0.29, 0.717) is 23.6 Å². The highest BCUT2D eigenvalue weighted by Gasteiger charge is 2.21. The number of ether oxygens (including phenoxy) is 2. The van der Waals surface area contributed by atoms with Crippen molar-refractivity contribution in [2.45, 2.75) is 6.10 Å². The summed E-state index contributed by atoms with van der Waals surface area (Å²) in [4.78, 5) is 3.94. The number of hydrogen-bond acceptors (Lipinski definition) is 4. The van der Waals surface area contributed by atoms with E-state index in [4.69, 9.17) is 21.1 Å². The van der Waals surface area contributed by atoms with E-state index in [2.05, 4.69) is 4.98 Å². The second-order valence-corrected chi connectivity index (χ2v) is 3.42. The van der Waals surface area contributed by atoms with E-state index in [1.165, 1.54) is 11.3 Å². The van der Waals surface area contributed by atoms with Crippen molar-refractivity contribution in [3.8, 4) is 5.19 Å². The fourth-order valence-corrected chi connectivity index (χ4v) is 1.57. The normalized spacial score (nSPS) is 17.9. The molecule has 11 heavy (non-hydrogen) atoms. The smallest absolute Gasteiger partial charge is 0.275 e. The summed E-state index contributed by atoms with van der Waals surface area (Å²) < 4.78 is 10.3. The molecule has 0 aliphatic carbocycles. The lowest BCUT2D eigenvalue weighted by Gasteiger charge is -2.24. The van der Waals surface area contributed by atoms with Gasteiger partial charge >= 0.3 is 0 Å². The number of halogens is 1. The molecule has 5 heteroatoms. The van der Waals surface area contributed by atoms with Crippen LogP contribution in [0.1, 0.15) is 0 Å². The van der Waals surface area contributed by atoms with Gasteiger partial charge in [0.05, 0.1) is 13.2 Å². The van der Waals surface area contributed by atoms with Crippen molar-refractivity contribution in [1.82, 2.24) is 4.98 Å². The van der Waals surface area contributed by atoms with E-state index in [9.17, 15) is 0 Å². The van der Waals surface area contributed by atoms with Gasteiger partial charge in [-0.25, -0.2) is 0 Å². The number of thiazole rings is 1. The van der Waals surface area contributed by atoms with Crippen LogP contribution in [0.3, 0.4) is 0 Å². The maximum absolute atomic E-state index is 5.59. The van der Waals surface area contributed by atoms with Crippen LogP contribution in [0.25, 0.3) is 0 Å². The first-order valence-corrected chi connectivity index (χ1v) is 4.46. The van der Waals surface area contributed by atoms with Crippen LogP contribution in [0.2, 0.25) is 5.15 Å². The molecule has 0 atom stereocenters. The van der Waals surface area contributed by atoms with Gasteiger partial charge in [-0.15, -0.1) is 0 Å². The van der Waals surface area contributed by atoms with E-state index in [1.54, 1.807) is 5.38 Å². The van der Waals surface area contributed by atoms with Gasteiger partial charge in [-0.05, 0) is 0 Å². The second-order valence-electron chi connectivity index (χ2n) is 2.21. The Morgan fingerprint density at radius 1 is 1.73 bits per heavy atom. The molecule has 1 aromatic rings. The summed E-state index contributed by atoms with van der Waals surface area (Å²) in [5.41, 5.74) is 0. The fraction of sp³-hybridized carbons (Fsp3) is 0.500. The average molecular weight is 192 g/mol. The summed E-state index contributed by atoms with van der Waals surface area (Å²) >= 11 is 7.00. The molecule has 2 rings (SSSR count). The Kier molecular flexibility index (Phi) is 1.98. The predicted molar refractivity (Wildman–Crippen MR) is 42.4 cm³/mol. The zero-order chi connectivity index (χ0) is 7.68. The number of rotatable bonds is 2. The molecule has 0 aromatic carbocycles. The SMILES string of the molecule is Clc1csc(OC2COC2)n1. The van der Waals surface area contributed by atoms with Crippen LogP contribution in [0.5, 0.6) is 5.19 Å². The van der Waals surface area contributed by atoms with Gasteiger partial charge in [0.15, 0.2) is 0 Å². The highest BCUT2D eigenvalue weighted by Crippen LogP contribution is 2.23. The molecule has 0 spiro atoms. The molecule has 60 valence electrons. The zero-order valence-electron chi connectivity index (χ0n) is 5.62. The zero-order valence-corrected chi connectivity index (χ0v) is 7.19. The van der Waals surface area contributed by atoms with Gasteiger partial charge in [-0.2, -0.15) is 4.98 Å². The maximum atomic E-state index is 5.59. The minimum Gasteiger partial charge on any atom is -0.462 e. The van der Waals surface area contributed by atoms with Crippen molar-refractivity contribution >= 4 is 22.9 Å². The lowest BCUT2D eigenvalue weighted by molar-refractivity contribution is -0.0797. The van der Waals surface area contributed by atoms with Gasteiger partial charge in [-0.1, -0.05) is 22.9 Å². The van der Waals surface area contributed by atoms with Crippen molar-refractivity contribution in [2.75, 3.05) is 13.2 Å². The van der Waals surface area contributed by atoms with Crippen molar-refractivity contribution in [3.05, 3.63) is 10.5 Å². The Bertz CT molecular complexity index is 248. The number of hydrogen-bond donors (Lipinski definition) is 0. The van der Waals surface area contributed by atoms with Crippen LogP contribution < -0.4 is 4.74 Å². The molecular formula is C6H6ClNO2S. The number of aromatic nitrogens is 1. The van der Waals surface area contributed by atoms with Crippen LogP contribution >= 0.6 is 22.9 Å². The molecule has 1 aliphatic rings. The van der Waals surface area contributed by atoms with Gasteiger partial charge in [-0.3, -0.25) is 0 Å².